The van der Waals surface area contributed by atoms with E-state index in [9.17, 15) is 0 Å². The van der Waals surface area contributed by atoms with Gasteiger partial charge in [0.15, 0.2) is 5.82 Å². The summed E-state index contributed by atoms with van der Waals surface area (Å²) in [6.45, 7) is 2.12. The fraction of sp³-hybridized carbons (Fsp3) is 0.250. The van der Waals surface area contributed by atoms with Crippen LogP contribution in [0.2, 0.25) is 0 Å². The van der Waals surface area contributed by atoms with E-state index in [4.69, 9.17) is 5.84 Å². The topological polar surface area (TPSA) is 63.8 Å². The number of aromatic nitrogens is 2. The van der Waals surface area contributed by atoms with Crippen LogP contribution in [0.15, 0.2) is 12.4 Å². The van der Waals surface area contributed by atoms with Gasteiger partial charge in [-0.05, 0) is 12.5 Å². The monoisotopic (exact) mass is 194 g/mol. The van der Waals surface area contributed by atoms with E-state index in [2.05, 4.69) is 28.4 Å². The molecule has 0 saturated heterocycles. The molecule has 0 atom stereocenters. The van der Waals surface area contributed by atoms with Crippen LogP contribution >= 0.6 is 11.3 Å². The minimum Gasteiger partial charge on any atom is -0.308 e. The molecule has 3 N–H and O–H groups in total. The summed E-state index contributed by atoms with van der Waals surface area (Å²) >= 11 is 1.68. The molecule has 68 valence electrons. The van der Waals surface area contributed by atoms with Crippen LogP contribution in [-0.2, 0) is 6.42 Å². The molecule has 13 heavy (non-hydrogen) atoms. The smallest absolute Gasteiger partial charge is 0.152 e. The van der Waals surface area contributed by atoms with Gasteiger partial charge < -0.3 is 5.43 Å². The molecule has 0 amide bonds. The molecule has 0 aromatic carbocycles. The Bertz CT molecular complexity index is 423. The summed E-state index contributed by atoms with van der Waals surface area (Å²) in [6.07, 6.45) is 2.54. The van der Waals surface area contributed by atoms with Crippen molar-refractivity contribution in [1.29, 1.82) is 0 Å². The first-order valence-corrected chi connectivity index (χ1v) is 4.87. The largest absolute Gasteiger partial charge is 0.308 e. The molecule has 5 heteroatoms. The molecule has 2 aromatic rings. The lowest BCUT2D eigenvalue weighted by atomic mass is 10.3. The molecule has 0 bridgehead atoms. The highest BCUT2D eigenvalue weighted by Crippen LogP contribution is 2.27. The van der Waals surface area contributed by atoms with Crippen molar-refractivity contribution in [3.05, 3.63) is 17.3 Å². The van der Waals surface area contributed by atoms with E-state index in [0.29, 0.717) is 5.82 Å². The van der Waals surface area contributed by atoms with Gasteiger partial charge in [-0.15, -0.1) is 11.3 Å². The van der Waals surface area contributed by atoms with Crippen LogP contribution < -0.4 is 11.3 Å². The molecule has 2 rings (SSSR count). The molecule has 0 fully saturated rings. The van der Waals surface area contributed by atoms with Crippen LogP contribution in [0.1, 0.15) is 11.8 Å². The number of hydrogen-bond acceptors (Lipinski definition) is 5. The van der Waals surface area contributed by atoms with Crippen LogP contribution in [-0.4, -0.2) is 9.97 Å². The van der Waals surface area contributed by atoms with Crippen molar-refractivity contribution >= 4 is 27.4 Å². The molecule has 2 aromatic heterocycles. The number of nitrogens with one attached hydrogen (secondary N) is 1. The highest BCUT2D eigenvalue weighted by Gasteiger charge is 2.05. The zero-order valence-corrected chi connectivity index (χ0v) is 8.06. The predicted molar refractivity (Wildman–Crippen MR) is 54.6 cm³/mol. The zero-order valence-electron chi connectivity index (χ0n) is 7.24. The normalized spacial score (nSPS) is 10.6. The van der Waals surface area contributed by atoms with Gasteiger partial charge in [-0.3, -0.25) is 0 Å². The standard InChI is InChI=1S/C8H10N4S/c1-2-5-3-6-7(12-9)10-4-11-8(6)13-5/h3-4H,2,9H2,1H3,(H,10,11,12). The summed E-state index contributed by atoms with van der Waals surface area (Å²) in [5.41, 5.74) is 2.56. The summed E-state index contributed by atoms with van der Waals surface area (Å²) in [5.74, 6) is 6.03. The lowest BCUT2D eigenvalue weighted by Crippen LogP contribution is -2.08. The minimum atomic E-state index is 0.695. The first-order valence-electron chi connectivity index (χ1n) is 4.05. The van der Waals surface area contributed by atoms with Gasteiger partial charge in [0.25, 0.3) is 0 Å². The molecular weight excluding hydrogens is 184 g/mol. The van der Waals surface area contributed by atoms with E-state index in [-0.39, 0.29) is 0 Å². The number of aryl methyl sites for hydroxylation is 1. The molecule has 0 spiro atoms. The number of nitrogens with zero attached hydrogens (tertiary/aromatic N) is 2. The number of thiophene rings is 1. The van der Waals surface area contributed by atoms with E-state index < -0.39 is 0 Å². The predicted octanol–water partition coefficient (Wildman–Crippen LogP) is 1.54. The molecule has 0 aliphatic carbocycles. The second-order valence-electron chi connectivity index (χ2n) is 2.65. The Morgan fingerprint density at radius 2 is 2.38 bits per heavy atom. The first kappa shape index (κ1) is 8.40. The van der Waals surface area contributed by atoms with E-state index in [1.165, 1.54) is 11.2 Å². The van der Waals surface area contributed by atoms with Gasteiger partial charge in [-0.25, -0.2) is 15.8 Å². The Balaban J connectivity index is 2.67. The second-order valence-corrected chi connectivity index (χ2v) is 3.77. The maximum absolute atomic E-state index is 5.33. The Kier molecular flexibility index (Phi) is 2.12. The first-order chi connectivity index (χ1) is 6.35. The third-order valence-corrected chi connectivity index (χ3v) is 3.05. The highest BCUT2D eigenvalue weighted by atomic mass is 32.1. The van der Waals surface area contributed by atoms with E-state index in [0.717, 1.165) is 16.6 Å². The quantitative estimate of drug-likeness (QED) is 0.562. The molecule has 0 unspecified atom stereocenters. The Labute approximate surface area is 79.8 Å². The van der Waals surface area contributed by atoms with Gasteiger partial charge >= 0.3 is 0 Å². The maximum atomic E-state index is 5.33. The van der Waals surface area contributed by atoms with Crippen molar-refractivity contribution < 1.29 is 0 Å². The van der Waals surface area contributed by atoms with Crippen molar-refractivity contribution in [3.8, 4) is 0 Å². The van der Waals surface area contributed by atoms with Gasteiger partial charge in [-0.2, -0.15) is 0 Å². The number of fused-ring (bicyclic) bond motifs is 1. The van der Waals surface area contributed by atoms with E-state index in [1.54, 1.807) is 11.3 Å². The summed E-state index contributed by atoms with van der Waals surface area (Å²) in [7, 11) is 0. The van der Waals surface area contributed by atoms with Crippen LogP contribution in [0.4, 0.5) is 5.82 Å². The molecule has 4 nitrogen and oxygen atoms in total. The van der Waals surface area contributed by atoms with Gasteiger partial charge in [0.05, 0.1) is 5.39 Å². The van der Waals surface area contributed by atoms with Gasteiger partial charge in [-0.1, -0.05) is 6.92 Å². The zero-order chi connectivity index (χ0) is 9.26. The molecule has 0 aliphatic rings. The van der Waals surface area contributed by atoms with Crippen molar-refractivity contribution in [2.45, 2.75) is 13.3 Å². The third kappa shape index (κ3) is 1.36. The van der Waals surface area contributed by atoms with Crippen LogP contribution in [0.5, 0.6) is 0 Å². The van der Waals surface area contributed by atoms with Crippen molar-refractivity contribution in [2.75, 3.05) is 5.43 Å². The van der Waals surface area contributed by atoms with Crippen LogP contribution in [0.3, 0.4) is 0 Å². The fourth-order valence-corrected chi connectivity index (χ4v) is 2.13. The molecule has 0 radical (unpaired) electrons. The average molecular weight is 194 g/mol. The average Bonchev–Trinajstić information content (AvgIpc) is 2.59. The lowest BCUT2D eigenvalue weighted by Gasteiger charge is -1.97. The number of nitrogen functional groups attached to an aromatic ring is 1. The fourth-order valence-electron chi connectivity index (χ4n) is 1.19. The SMILES string of the molecule is CCc1cc2c(NN)ncnc2s1. The molecule has 0 aliphatic heterocycles. The Morgan fingerprint density at radius 1 is 1.54 bits per heavy atom. The maximum Gasteiger partial charge on any atom is 0.152 e. The Hall–Kier alpha value is -1.20. The van der Waals surface area contributed by atoms with E-state index in [1.807, 2.05) is 0 Å². The molecular formula is C8H10N4S. The summed E-state index contributed by atoms with van der Waals surface area (Å²) < 4.78 is 0. The van der Waals surface area contributed by atoms with Crippen LogP contribution in [0, 0.1) is 0 Å². The minimum absolute atomic E-state index is 0.695. The summed E-state index contributed by atoms with van der Waals surface area (Å²) in [6, 6.07) is 2.08. The highest BCUT2D eigenvalue weighted by molar-refractivity contribution is 7.18. The lowest BCUT2D eigenvalue weighted by molar-refractivity contribution is 1.18. The number of hydrazine groups is 1. The van der Waals surface area contributed by atoms with Crippen molar-refractivity contribution in [1.82, 2.24) is 9.97 Å². The third-order valence-electron chi connectivity index (χ3n) is 1.87. The van der Waals surface area contributed by atoms with Gasteiger partial charge in [0.1, 0.15) is 11.2 Å². The number of anilines is 1. The molecule has 2 heterocycles. The van der Waals surface area contributed by atoms with Crippen molar-refractivity contribution in [3.63, 3.8) is 0 Å². The Morgan fingerprint density at radius 3 is 3.08 bits per heavy atom. The van der Waals surface area contributed by atoms with Gasteiger partial charge in [0, 0.05) is 4.88 Å². The summed E-state index contributed by atoms with van der Waals surface area (Å²) in [4.78, 5) is 10.5. The number of nitrogens with two attached hydrogens (primary N) is 1. The number of rotatable bonds is 2. The second kappa shape index (κ2) is 3.27. The summed E-state index contributed by atoms with van der Waals surface area (Å²) in [5, 5.41) is 1.01. The van der Waals surface area contributed by atoms with Crippen molar-refractivity contribution in [2.24, 2.45) is 5.84 Å². The van der Waals surface area contributed by atoms with Gasteiger partial charge in [0.2, 0.25) is 0 Å². The van der Waals surface area contributed by atoms with Crippen LogP contribution in [0.25, 0.3) is 10.2 Å². The van der Waals surface area contributed by atoms with E-state index >= 15 is 0 Å². The number of hydrogen-bond donors (Lipinski definition) is 2. The molecule has 0 saturated carbocycles.